The van der Waals surface area contributed by atoms with Crippen molar-refractivity contribution in [3.8, 4) is 0 Å². The largest absolute Gasteiger partial charge is 0.480 e. The Labute approximate surface area is 131 Å². The number of aliphatic carboxylic acids is 1. The van der Waals surface area contributed by atoms with E-state index >= 15 is 0 Å². The first-order valence-corrected chi connectivity index (χ1v) is 10.5. The molecule has 0 radical (unpaired) electrons. The lowest BCUT2D eigenvalue weighted by molar-refractivity contribution is -0.140. The van der Waals surface area contributed by atoms with Crippen molar-refractivity contribution in [3.05, 3.63) is 0 Å². The number of rotatable bonds is 6. The van der Waals surface area contributed by atoms with Gasteiger partial charge in [0.1, 0.15) is 6.04 Å². The summed E-state index contributed by atoms with van der Waals surface area (Å²) in [4.78, 5) is 11.4. The molecule has 1 saturated heterocycles. The molecule has 2 unspecified atom stereocenters. The second-order valence-electron chi connectivity index (χ2n) is 6.04. The van der Waals surface area contributed by atoms with Crippen molar-refractivity contribution >= 4 is 27.8 Å². The van der Waals surface area contributed by atoms with Crippen LogP contribution in [0.25, 0.3) is 0 Å². The number of carboxylic acid groups (broad SMARTS) is 1. The molecule has 1 N–H and O–H groups in total. The van der Waals surface area contributed by atoms with Crippen LogP contribution in [0, 0.1) is 5.92 Å². The molecule has 2 rings (SSSR count). The summed E-state index contributed by atoms with van der Waals surface area (Å²) < 4.78 is 26.8. The van der Waals surface area contributed by atoms with Gasteiger partial charge in [-0.25, -0.2) is 8.42 Å². The molecule has 1 saturated carbocycles. The van der Waals surface area contributed by atoms with Crippen LogP contribution in [0.15, 0.2) is 0 Å². The van der Waals surface area contributed by atoms with Gasteiger partial charge in [0.05, 0.1) is 11.1 Å². The van der Waals surface area contributed by atoms with E-state index in [1.54, 1.807) is 0 Å². The molecular formula is C14H25NO4S2. The Balaban J connectivity index is 2.14. The molecule has 2 aliphatic rings. The predicted octanol–water partition coefficient (Wildman–Crippen LogP) is 2.52. The van der Waals surface area contributed by atoms with Gasteiger partial charge in [0.15, 0.2) is 0 Å². The normalized spacial score (nSPS) is 28.8. The number of thioether (sulfide) groups is 1. The van der Waals surface area contributed by atoms with E-state index in [1.165, 1.54) is 22.5 Å². The summed E-state index contributed by atoms with van der Waals surface area (Å²) in [6, 6.07) is -0.889. The number of carboxylic acids is 1. The van der Waals surface area contributed by atoms with Gasteiger partial charge in [-0.3, -0.25) is 4.79 Å². The molecule has 2 fully saturated rings. The topological polar surface area (TPSA) is 74.7 Å². The fourth-order valence-corrected chi connectivity index (χ4v) is 7.49. The molecule has 7 heteroatoms. The van der Waals surface area contributed by atoms with Crippen molar-refractivity contribution in [1.82, 2.24) is 4.31 Å². The van der Waals surface area contributed by atoms with Crippen molar-refractivity contribution < 1.29 is 18.3 Å². The highest BCUT2D eigenvalue weighted by Gasteiger charge is 2.45. The molecule has 5 nitrogen and oxygen atoms in total. The fraction of sp³-hybridized carbons (Fsp3) is 0.929. The first-order chi connectivity index (χ1) is 9.95. The third-order valence-corrected chi connectivity index (χ3v) is 7.88. The fourth-order valence-electron chi connectivity index (χ4n) is 3.30. The molecule has 21 heavy (non-hydrogen) atoms. The zero-order valence-corrected chi connectivity index (χ0v) is 14.2. The monoisotopic (exact) mass is 335 g/mol. The van der Waals surface area contributed by atoms with Gasteiger partial charge in [-0.05, 0) is 25.2 Å². The maximum atomic E-state index is 12.8. The third-order valence-electron chi connectivity index (χ3n) is 4.35. The van der Waals surface area contributed by atoms with E-state index in [-0.39, 0.29) is 17.0 Å². The molecule has 0 aromatic carbocycles. The second-order valence-corrected chi connectivity index (χ2v) is 9.17. The van der Waals surface area contributed by atoms with Crippen LogP contribution in [0.4, 0.5) is 0 Å². The van der Waals surface area contributed by atoms with Crippen LogP contribution in [0.2, 0.25) is 0 Å². The van der Waals surface area contributed by atoms with E-state index in [2.05, 4.69) is 0 Å². The summed E-state index contributed by atoms with van der Waals surface area (Å²) in [5.74, 6) is -0.332. The van der Waals surface area contributed by atoms with Crippen molar-refractivity contribution in [2.24, 2.45) is 5.92 Å². The highest BCUT2D eigenvalue weighted by molar-refractivity contribution is 8.01. The lowest BCUT2D eigenvalue weighted by Gasteiger charge is -2.29. The number of hydrogen-bond acceptors (Lipinski definition) is 4. The molecule has 0 amide bonds. The molecule has 0 aromatic rings. The van der Waals surface area contributed by atoms with Crippen LogP contribution >= 0.6 is 11.8 Å². The Bertz CT molecular complexity index is 460. The lowest BCUT2D eigenvalue weighted by Crippen LogP contribution is -2.47. The number of hydrogen-bond donors (Lipinski definition) is 1. The predicted molar refractivity (Wildman–Crippen MR) is 84.8 cm³/mol. The van der Waals surface area contributed by atoms with Crippen LogP contribution < -0.4 is 0 Å². The average molecular weight is 335 g/mol. The van der Waals surface area contributed by atoms with E-state index in [0.29, 0.717) is 5.75 Å². The quantitative estimate of drug-likeness (QED) is 0.807. The van der Waals surface area contributed by atoms with Crippen molar-refractivity contribution in [3.63, 3.8) is 0 Å². The van der Waals surface area contributed by atoms with Crippen LogP contribution in [0.5, 0.6) is 0 Å². The average Bonchev–Trinajstić information content (AvgIpc) is 2.85. The Morgan fingerprint density at radius 2 is 1.95 bits per heavy atom. The smallest absolute Gasteiger partial charge is 0.322 e. The van der Waals surface area contributed by atoms with Crippen LogP contribution in [0.3, 0.4) is 0 Å². The molecular weight excluding hydrogens is 310 g/mol. The zero-order valence-electron chi connectivity index (χ0n) is 12.5. The summed E-state index contributed by atoms with van der Waals surface area (Å²) in [6.07, 6.45) is 6.86. The third kappa shape index (κ3) is 4.13. The molecule has 0 bridgehead atoms. The van der Waals surface area contributed by atoms with Crippen LogP contribution in [-0.2, 0) is 14.8 Å². The highest BCUT2D eigenvalue weighted by atomic mass is 32.2. The molecule has 2 atom stereocenters. The molecule has 1 heterocycles. The van der Waals surface area contributed by atoms with Crippen molar-refractivity contribution in [1.29, 1.82) is 0 Å². The van der Waals surface area contributed by atoms with Gasteiger partial charge in [0.2, 0.25) is 10.0 Å². The number of sulfonamides is 1. The minimum Gasteiger partial charge on any atom is -0.480 e. The van der Waals surface area contributed by atoms with E-state index < -0.39 is 22.0 Å². The van der Waals surface area contributed by atoms with Gasteiger partial charge in [0, 0.05) is 5.75 Å². The van der Waals surface area contributed by atoms with Gasteiger partial charge < -0.3 is 5.11 Å². The first-order valence-electron chi connectivity index (χ1n) is 7.81. The van der Waals surface area contributed by atoms with E-state index in [4.69, 9.17) is 0 Å². The van der Waals surface area contributed by atoms with Gasteiger partial charge >= 0.3 is 5.97 Å². The van der Waals surface area contributed by atoms with E-state index in [1.807, 2.05) is 6.92 Å². The van der Waals surface area contributed by atoms with E-state index in [0.717, 1.165) is 38.5 Å². The summed E-state index contributed by atoms with van der Waals surface area (Å²) in [5.41, 5.74) is 0. The van der Waals surface area contributed by atoms with Crippen molar-refractivity contribution in [2.45, 2.75) is 63.3 Å². The summed E-state index contributed by atoms with van der Waals surface area (Å²) >= 11 is 1.47. The Morgan fingerprint density at radius 1 is 1.29 bits per heavy atom. The second kappa shape index (κ2) is 7.33. The lowest BCUT2D eigenvalue weighted by atomic mass is 9.91. The Morgan fingerprint density at radius 3 is 2.52 bits per heavy atom. The minimum atomic E-state index is -3.49. The summed E-state index contributed by atoms with van der Waals surface area (Å²) in [6.45, 7) is 2.00. The maximum Gasteiger partial charge on any atom is 0.322 e. The molecule has 1 aliphatic heterocycles. The van der Waals surface area contributed by atoms with Gasteiger partial charge in [-0.2, -0.15) is 4.31 Å². The number of nitrogens with zero attached hydrogens (tertiary/aromatic N) is 1. The molecule has 0 spiro atoms. The highest BCUT2D eigenvalue weighted by Crippen LogP contribution is 2.36. The summed E-state index contributed by atoms with van der Waals surface area (Å²) in [5, 5.41) is 9.12. The molecule has 122 valence electrons. The van der Waals surface area contributed by atoms with Gasteiger partial charge in [0.25, 0.3) is 0 Å². The zero-order chi connectivity index (χ0) is 15.5. The molecule has 1 aliphatic carbocycles. The van der Waals surface area contributed by atoms with Gasteiger partial charge in [-0.15, -0.1) is 11.8 Å². The van der Waals surface area contributed by atoms with Crippen LogP contribution in [0.1, 0.15) is 51.9 Å². The standard InChI is InChI=1S/C14H25NO4S2/c1-2-6-13-15(12(9-20-13)14(16)17)21(18,19)10-11-7-4-3-5-8-11/h11-13H,2-10H2,1H3,(H,16,17). The summed E-state index contributed by atoms with van der Waals surface area (Å²) in [7, 11) is -3.49. The van der Waals surface area contributed by atoms with Gasteiger partial charge in [-0.1, -0.05) is 32.6 Å². The first kappa shape index (κ1) is 17.1. The Kier molecular flexibility index (Phi) is 5.96. The Hall–Kier alpha value is -0.270. The van der Waals surface area contributed by atoms with E-state index in [9.17, 15) is 18.3 Å². The molecule has 0 aromatic heterocycles. The maximum absolute atomic E-state index is 12.8. The SMILES string of the molecule is CCCC1SCC(C(=O)O)N1S(=O)(=O)CC1CCCCC1. The minimum absolute atomic E-state index is 0.123. The van der Waals surface area contributed by atoms with Crippen molar-refractivity contribution in [2.75, 3.05) is 11.5 Å². The van der Waals surface area contributed by atoms with Crippen LogP contribution in [-0.4, -0.2) is 46.7 Å². The number of carbonyl (C=O) groups is 1.